The van der Waals surface area contributed by atoms with Crippen molar-refractivity contribution in [3.05, 3.63) is 36.7 Å². The summed E-state index contributed by atoms with van der Waals surface area (Å²) >= 11 is 0. The minimum absolute atomic E-state index is 0. The van der Waals surface area contributed by atoms with E-state index in [0.717, 1.165) is 18.8 Å². The van der Waals surface area contributed by atoms with Crippen LogP contribution in [-0.2, 0) is 4.74 Å². The summed E-state index contributed by atoms with van der Waals surface area (Å²) in [6.07, 6.45) is 2.48. The normalized spacial score (nSPS) is 13.9. The van der Waals surface area contributed by atoms with Crippen molar-refractivity contribution in [3.63, 3.8) is 0 Å². The first-order chi connectivity index (χ1) is 12.7. The third-order valence-electron chi connectivity index (χ3n) is 3.65. The Kier molecular flexibility index (Phi) is 6.05. The van der Waals surface area contributed by atoms with Gasteiger partial charge in [-0.2, -0.15) is 4.98 Å². The number of morpholine rings is 1. The van der Waals surface area contributed by atoms with E-state index in [-0.39, 0.29) is 16.0 Å². The van der Waals surface area contributed by atoms with Gasteiger partial charge in [-0.1, -0.05) is 0 Å². The topological polar surface area (TPSA) is 112 Å². The lowest BCUT2D eigenvalue weighted by Crippen LogP contribution is -2.36. The molecular weight excluding hydrogens is 338 g/mol. The van der Waals surface area contributed by atoms with Gasteiger partial charge in [-0.25, -0.2) is 4.79 Å². The minimum Gasteiger partial charge on any atom is -0.476 e. The third-order valence-corrected chi connectivity index (χ3v) is 3.65. The van der Waals surface area contributed by atoms with Crippen LogP contribution in [0.1, 0.15) is 2.85 Å². The van der Waals surface area contributed by atoms with Crippen molar-refractivity contribution < 1.29 is 21.9 Å². The molecular formula is C17H25N5O4. The summed E-state index contributed by atoms with van der Waals surface area (Å²) < 4.78 is 16.0. The predicted molar refractivity (Wildman–Crippen MR) is 99.7 cm³/mol. The Morgan fingerprint density at radius 1 is 1.38 bits per heavy atom. The first-order valence-electron chi connectivity index (χ1n) is 8.29. The summed E-state index contributed by atoms with van der Waals surface area (Å²) in [5.41, 5.74) is 6.80. The molecule has 0 atom stereocenters. The first kappa shape index (κ1) is 17.7. The molecule has 0 saturated carbocycles. The van der Waals surface area contributed by atoms with Crippen molar-refractivity contribution >= 4 is 17.6 Å². The average Bonchev–Trinajstić information content (AvgIpc) is 2.66. The van der Waals surface area contributed by atoms with E-state index >= 15 is 0 Å². The highest BCUT2D eigenvalue weighted by Gasteiger charge is 2.13. The molecule has 1 aliphatic rings. The second-order valence-corrected chi connectivity index (χ2v) is 5.54. The van der Waals surface area contributed by atoms with Crippen LogP contribution in [0.5, 0.6) is 11.6 Å². The maximum Gasteiger partial charge on any atom is 0.412 e. The van der Waals surface area contributed by atoms with Crippen LogP contribution in [0.4, 0.5) is 16.3 Å². The fraction of sp³-hybridized carbons (Fsp3) is 0.353. The highest BCUT2D eigenvalue weighted by atomic mass is 16.6. The zero-order chi connectivity index (χ0) is 18.2. The van der Waals surface area contributed by atoms with Crippen molar-refractivity contribution in [3.8, 4) is 11.6 Å². The van der Waals surface area contributed by atoms with Crippen LogP contribution in [0, 0.1) is 0 Å². The number of nitrogens with one attached hydrogen (secondary N) is 1. The number of amides is 1. The third kappa shape index (κ3) is 5.21. The summed E-state index contributed by atoms with van der Waals surface area (Å²) in [5.74, 6) is 1.17. The van der Waals surface area contributed by atoms with Gasteiger partial charge in [0.2, 0.25) is 5.88 Å². The molecule has 1 aliphatic heterocycles. The number of aromatic nitrogens is 2. The number of anilines is 2. The van der Waals surface area contributed by atoms with Crippen LogP contribution in [0.15, 0.2) is 36.7 Å². The minimum atomic E-state index is -0.573. The highest BCUT2D eigenvalue weighted by molar-refractivity contribution is 5.70. The monoisotopic (exact) mass is 363 g/mol. The van der Waals surface area contributed by atoms with Gasteiger partial charge in [0.1, 0.15) is 12.4 Å². The van der Waals surface area contributed by atoms with E-state index in [2.05, 4.69) is 20.2 Å². The van der Waals surface area contributed by atoms with E-state index in [1.165, 1.54) is 6.20 Å². The molecule has 2 aromatic heterocycles. The molecule has 0 bridgehead atoms. The molecule has 2 aromatic rings. The summed E-state index contributed by atoms with van der Waals surface area (Å²) in [5, 5.41) is 2.59. The number of pyridine rings is 2. The summed E-state index contributed by atoms with van der Waals surface area (Å²) in [6, 6.07) is 6.97. The Hall–Kier alpha value is -3.07. The molecule has 3 rings (SSSR count). The molecule has 9 heteroatoms. The number of nitrogen functional groups attached to an aromatic ring is 1. The van der Waals surface area contributed by atoms with Gasteiger partial charge in [0.25, 0.3) is 0 Å². The van der Waals surface area contributed by atoms with Gasteiger partial charge in [0.15, 0.2) is 5.75 Å². The molecule has 142 valence electrons. The second-order valence-electron chi connectivity index (χ2n) is 5.54. The van der Waals surface area contributed by atoms with Crippen molar-refractivity contribution in [1.82, 2.24) is 15.3 Å². The Balaban J connectivity index is 0.00000196. The Morgan fingerprint density at radius 2 is 2.23 bits per heavy atom. The number of rotatable bonds is 6. The molecule has 0 unspecified atom stereocenters. The molecule has 3 N–H and O–H groups in total. The smallest absolute Gasteiger partial charge is 0.412 e. The van der Waals surface area contributed by atoms with Crippen LogP contribution in [-0.4, -0.2) is 55.5 Å². The summed E-state index contributed by atoms with van der Waals surface area (Å²) in [7, 11) is 0. The van der Waals surface area contributed by atoms with E-state index in [4.69, 9.17) is 19.9 Å². The average molecular weight is 363 g/mol. The van der Waals surface area contributed by atoms with E-state index in [1.54, 1.807) is 18.3 Å². The fourth-order valence-corrected chi connectivity index (χ4v) is 2.45. The van der Waals surface area contributed by atoms with E-state index in [1.807, 2.05) is 12.1 Å². The standard InChI is InChI=1S/C17H21N5O4.2H2/c18-15-10-13(22-5-8-24-9-6-22)11-16(21-15)25-7-4-20-17(23)26-14-2-1-3-19-12-14;;/h1-3,10-12H,4-9H2,(H2,18,21)(H,20,23);2*1H. The lowest BCUT2D eigenvalue weighted by atomic mass is 10.3. The Bertz CT molecular complexity index is 733. The van der Waals surface area contributed by atoms with Gasteiger partial charge in [0, 0.05) is 40.0 Å². The zero-order valence-corrected chi connectivity index (χ0v) is 14.3. The van der Waals surface area contributed by atoms with Gasteiger partial charge in [-0.15, -0.1) is 0 Å². The van der Waals surface area contributed by atoms with Crippen molar-refractivity contribution in [2.45, 2.75) is 0 Å². The van der Waals surface area contributed by atoms with E-state index < -0.39 is 6.09 Å². The van der Waals surface area contributed by atoms with Crippen LogP contribution < -0.4 is 25.4 Å². The SMILES string of the molecule is Nc1cc(N2CCOCC2)cc(OCCNC(=O)Oc2cccnc2)n1.[HH].[HH]. The molecule has 1 amide bonds. The Labute approximate surface area is 154 Å². The van der Waals surface area contributed by atoms with Crippen LogP contribution in [0.2, 0.25) is 0 Å². The van der Waals surface area contributed by atoms with Gasteiger partial charge in [-0.05, 0) is 12.1 Å². The molecule has 1 saturated heterocycles. The van der Waals surface area contributed by atoms with Gasteiger partial charge in [0.05, 0.1) is 26.0 Å². The number of nitrogens with zero attached hydrogens (tertiary/aromatic N) is 3. The van der Waals surface area contributed by atoms with Crippen molar-refractivity contribution in [2.75, 3.05) is 50.1 Å². The number of hydrogen-bond donors (Lipinski definition) is 2. The Morgan fingerprint density at radius 3 is 3.00 bits per heavy atom. The highest BCUT2D eigenvalue weighted by Crippen LogP contribution is 2.23. The molecule has 0 aromatic carbocycles. The molecule has 26 heavy (non-hydrogen) atoms. The van der Waals surface area contributed by atoms with Crippen LogP contribution in [0.25, 0.3) is 0 Å². The molecule has 0 aliphatic carbocycles. The summed E-state index contributed by atoms with van der Waals surface area (Å²) in [6.45, 7) is 3.46. The number of hydrogen-bond acceptors (Lipinski definition) is 8. The van der Waals surface area contributed by atoms with Crippen LogP contribution in [0.3, 0.4) is 0 Å². The largest absolute Gasteiger partial charge is 0.476 e. The summed E-state index contributed by atoms with van der Waals surface area (Å²) in [4.78, 5) is 21.9. The van der Waals surface area contributed by atoms with Gasteiger partial charge >= 0.3 is 6.09 Å². The molecule has 9 nitrogen and oxygen atoms in total. The van der Waals surface area contributed by atoms with Gasteiger partial charge in [-0.3, -0.25) is 4.98 Å². The van der Waals surface area contributed by atoms with Gasteiger partial charge < -0.3 is 30.2 Å². The molecule has 3 heterocycles. The number of ether oxygens (including phenoxy) is 3. The first-order valence-corrected chi connectivity index (χ1v) is 8.29. The maximum absolute atomic E-state index is 11.7. The number of carbonyl (C=O) groups excluding carboxylic acids is 1. The molecule has 0 spiro atoms. The fourth-order valence-electron chi connectivity index (χ4n) is 2.45. The number of carbonyl (C=O) groups is 1. The molecule has 0 radical (unpaired) electrons. The maximum atomic E-state index is 11.7. The zero-order valence-electron chi connectivity index (χ0n) is 14.3. The lowest BCUT2D eigenvalue weighted by molar-refractivity contribution is 0.122. The van der Waals surface area contributed by atoms with E-state index in [9.17, 15) is 4.79 Å². The van der Waals surface area contributed by atoms with Crippen molar-refractivity contribution in [2.24, 2.45) is 0 Å². The lowest BCUT2D eigenvalue weighted by Gasteiger charge is -2.29. The van der Waals surface area contributed by atoms with Crippen molar-refractivity contribution in [1.29, 1.82) is 0 Å². The quantitative estimate of drug-likeness (QED) is 0.744. The second kappa shape index (κ2) is 8.86. The molecule has 1 fully saturated rings. The predicted octanol–water partition coefficient (Wildman–Crippen LogP) is 1.55. The number of nitrogens with two attached hydrogens (primary N) is 1. The van der Waals surface area contributed by atoms with Crippen LogP contribution >= 0.6 is 0 Å². The van der Waals surface area contributed by atoms with E-state index in [0.29, 0.717) is 30.7 Å².